The molecule has 6 nitrogen and oxygen atoms in total. The molecule has 0 N–H and O–H groups in total. The molecular weight excluding hydrogens is 1260 g/mol. The lowest BCUT2D eigenvalue weighted by molar-refractivity contribution is 0.767. The highest BCUT2D eigenvalue weighted by Gasteiger charge is 2.48. The van der Waals surface area contributed by atoms with Crippen molar-refractivity contribution in [3.63, 3.8) is 0 Å². The van der Waals surface area contributed by atoms with Crippen LogP contribution in [0.25, 0.3) is 123 Å². The van der Waals surface area contributed by atoms with Crippen molar-refractivity contribution in [3.05, 3.63) is 445 Å². The number of rotatable bonds is 13. The van der Waals surface area contributed by atoms with Crippen LogP contribution in [0.15, 0.2) is 401 Å². The van der Waals surface area contributed by atoms with E-state index in [4.69, 9.17) is 19.9 Å². The number of hydrogen-bond donors (Lipinski definition) is 0. The van der Waals surface area contributed by atoms with Crippen molar-refractivity contribution in [2.24, 2.45) is 0 Å². The summed E-state index contributed by atoms with van der Waals surface area (Å²) < 4.78 is 0. The van der Waals surface area contributed by atoms with Crippen LogP contribution >= 0.6 is 0 Å². The van der Waals surface area contributed by atoms with Crippen LogP contribution in [0.3, 0.4) is 0 Å². The highest BCUT2D eigenvalue weighted by atomic mass is 14.9. The van der Waals surface area contributed by atoms with Crippen molar-refractivity contribution < 1.29 is 0 Å². The summed E-state index contributed by atoms with van der Waals surface area (Å²) in [6.07, 6.45) is 7.89. The predicted molar refractivity (Wildman–Crippen MR) is 423 cm³/mol. The summed E-state index contributed by atoms with van der Waals surface area (Å²) in [4.78, 5) is 29.6. The molecule has 0 unspecified atom stereocenters. The maximum Gasteiger partial charge on any atom is 0.160 e. The van der Waals surface area contributed by atoms with Gasteiger partial charge in [0.2, 0.25) is 0 Å². The number of hydrogen-bond acceptors (Lipinski definition) is 6. The van der Waals surface area contributed by atoms with E-state index in [2.05, 4.69) is 338 Å². The molecule has 4 aromatic heterocycles. The number of pyridine rings is 2. The van der Waals surface area contributed by atoms with Crippen LogP contribution in [0, 0.1) is 0 Å². The summed E-state index contributed by atoms with van der Waals surface area (Å²) in [5, 5.41) is 0. The molecule has 13 aromatic carbocycles. The molecule has 2 aliphatic carbocycles. The Balaban J connectivity index is 0.000000149. The van der Waals surface area contributed by atoms with Gasteiger partial charge in [0.25, 0.3) is 0 Å². The van der Waals surface area contributed by atoms with E-state index in [1.54, 1.807) is 0 Å². The van der Waals surface area contributed by atoms with E-state index in [0.29, 0.717) is 11.6 Å². The van der Waals surface area contributed by atoms with E-state index in [1.807, 2.05) is 73.3 Å². The van der Waals surface area contributed by atoms with Gasteiger partial charge in [-0.2, -0.15) is 0 Å². The van der Waals surface area contributed by atoms with Crippen LogP contribution in [0.5, 0.6) is 0 Å². The summed E-state index contributed by atoms with van der Waals surface area (Å²) in [5.74, 6) is 1.40. The Kier molecular flexibility index (Phi) is 16.3. The highest BCUT2D eigenvalue weighted by Crippen LogP contribution is 2.58. The first-order chi connectivity index (χ1) is 51.5. The van der Waals surface area contributed by atoms with Crippen LogP contribution in [0.1, 0.15) is 44.5 Å². The van der Waals surface area contributed by atoms with Crippen LogP contribution in [-0.4, -0.2) is 29.9 Å². The van der Waals surface area contributed by atoms with Gasteiger partial charge in [0.1, 0.15) is 0 Å². The Bertz CT molecular complexity index is 5820. The topological polar surface area (TPSA) is 77.3 Å². The third-order valence-corrected chi connectivity index (χ3v) is 20.5. The Hall–Kier alpha value is -13.7. The minimum absolute atomic E-state index is 0.481. The van der Waals surface area contributed by atoms with Crippen LogP contribution in [0.4, 0.5) is 0 Å². The largest absolute Gasteiger partial charge is 0.264 e. The Morgan fingerprint density at radius 2 is 0.452 bits per heavy atom. The standard InChI is InChI=1S/C52H35N3.C46H31N3/c1-5-15-36(16-6-1)38-19-14-22-42(32-38)51-54-49(37-17-7-2-8-18-37)34-50(55-51)41-21-13-20-39(31-41)40-27-28-45-46-35-53-30-29-47(46)52(48(45)33-40,43-23-9-3-10-24-43)44-25-11-4-12-26-44;1-5-14-32(15-6-1)43-30-44(49-45(48-43)33-16-7-2-8-17-33)36-19-13-18-34(28-36)35-24-25-39-40-31-47-27-26-41(40)46(42(39)29-35,37-20-9-3-10-21-37)38-22-11-4-12-23-38/h1-35H;1-31H. The fourth-order valence-corrected chi connectivity index (χ4v) is 15.8. The van der Waals surface area contributed by atoms with Gasteiger partial charge in [-0.3, -0.25) is 9.97 Å². The first-order valence-corrected chi connectivity index (χ1v) is 35.3. The van der Waals surface area contributed by atoms with Gasteiger partial charge in [-0.15, -0.1) is 0 Å². The van der Waals surface area contributed by atoms with Gasteiger partial charge in [0.15, 0.2) is 11.6 Å². The monoisotopic (exact) mass is 1330 g/mol. The van der Waals surface area contributed by atoms with E-state index >= 15 is 0 Å². The van der Waals surface area contributed by atoms with Gasteiger partial charge in [-0.25, -0.2) is 19.9 Å². The molecule has 0 spiro atoms. The van der Waals surface area contributed by atoms with Gasteiger partial charge in [-0.05, 0) is 144 Å². The molecule has 0 aliphatic heterocycles. The van der Waals surface area contributed by atoms with E-state index < -0.39 is 10.8 Å². The van der Waals surface area contributed by atoms with Crippen molar-refractivity contribution in [2.45, 2.75) is 10.8 Å². The molecule has 0 radical (unpaired) electrons. The first kappa shape index (κ1) is 62.6. The Labute approximate surface area is 605 Å². The molecule has 4 heterocycles. The molecule has 0 fully saturated rings. The number of nitrogens with zero attached hydrogens (tertiary/aromatic N) is 6. The third-order valence-electron chi connectivity index (χ3n) is 20.5. The number of fused-ring (bicyclic) bond motifs is 6. The van der Waals surface area contributed by atoms with E-state index in [0.717, 1.165) is 89.5 Å². The molecule has 6 heteroatoms. The van der Waals surface area contributed by atoms with Crippen LogP contribution in [0.2, 0.25) is 0 Å². The van der Waals surface area contributed by atoms with Crippen molar-refractivity contribution in [1.29, 1.82) is 0 Å². The van der Waals surface area contributed by atoms with Crippen molar-refractivity contribution in [3.8, 4) is 123 Å². The Morgan fingerprint density at radius 3 is 0.837 bits per heavy atom. The molecule has 0 bridgehead atoms. The van der Waals surface area contributed by atoms with E-state index in [9.17, 15) is 0 Å². The van der Waals surface area contributed by atoms with Crippen molar-refractivity contribution in [1.82, 2.24) is 29.9 Å². The number of aromatic nitrogens is 6. The molecule has 17 aromatic rings. The second-order valence-electron chi connectivity index (χ2n) is 26.5. The highest BCUT2D eigenvalue weighted by molar-refractivity contribution is 5.91. The zero-order valence-electron chi connectivity index (χ0n) is 56.8. The second-order valence-corrected chi connectivity index (χ2v) is 26.5. The molecular formula is C98H66N6. The zero-order valence-corrected chi connectivity index (χ0v) is 56.8. The third kappa shape index (κ3) is 11.3. The smallest absolute Gasteiger partial charge is 0.160 e. The van der Waals surface area contributed by atoms with Crippen LogP contribution < -0.4 is 0 Å². The fraction of sp³-hybridized carbons (Fsp3) is 0.0204. The zero-order chi connectivity index (χ0) is 69.2. The predicted octanol–water partition coefficient (Wildman–Crippen LogP) is 23.5. The average molecular weight is 1330 g/mol. The summed E-state index contributed by atoms with van der Waals surface area (Å²) in [6.45, 7) is 0. The SMILES string of the molecule is c1ccc(-c2cc(-c3cccc(-c4ccc5c(c4)C(c4ccccc4)(c4ccccc4)c4ccncc4-5)c3)nc(-c3ccccc3)n2)cc1.c1ccc(-c2cccc(-c3nc(-c4ccccc4)cc(-c4cccc(-c5ccc6c(c5)C(c5ccccc5)(c5ccccc5)c5ccncc5-6)c4)n3)c2)cc1. The van der Waals surface area contributed by atoms with Crippen molar-refractivity contribution in [2.75, 3.05) is 0 Å². The minimum Gasteiger partial charge on any atom is -0.264 e. The summed E-state index contributed by atoms with van der Waals surface area (Å²) >= 11 is 0. The molecule has 0 saturated carbocycles. The van der Waals surface area contributed by atoms with Gasteiger partial charge >= 0.3 is 0 Å². The fourth-order valence-electron chi connectivity index (χ4n) is 15.8. The molecule has 2 aliphatic rings. The van der Waals surface area contributed by atoms with Gasteiger partial charge in [0.05, 0.1) is 33.6 Å². The quantitative estimate of drug-likeness (QED) is 0.114. The maximum atomic E-state index is 5.24. The van der Waals surface area contributed by atoms with Gasteiger partial charge < -0.3 is 0 Å². The lowest BCUT2D eigenvalue weighted by Gasteiger charge is -2.34. The average Bonchev–Trinajstić information content (AvgIpc) is 1.54. The summed E-state index contributed by atoms with van der Waals surface area (Å²) in [6, 6.07) is 133. The van der Waals surface area contributed by atoms with Crippen LogP contribution in [-0.2, 0) is 10.8 Å². The van der Waals surface area contributed by atoms with Gasteiger partial charge in [-0.1, -0.05) is 322 Å². The molecule has 0 atom stereocenters. The van der Waals surface area contributed by atoms with Crippen molar-refractivity contribution >= 4 is 0 Å². The summed E-state index contributed by atoms with van der Waals surface area (Å²) in [7, 11) is 0. The minimum atomic E-state index is -0.496. The maximum absolute atomic E-state index is 5.24. The lowest BCUT2D eigenvalue weighted by atomic mass is 9.67. The normalized spacial score (nSPS) is 12.6. The molecule has 104 heavy (non-hydrogen) atoms. The van der Waals surface area contributed by atoms with E-state index in [-0.39, 0.29) is 0 Å². The second kappa shape index (κ2) is 27.1. The molecule has 0 amide bonds. The first-order valence-electron chi connectivity index (χ1n) is 35.3. The summed E-state index contributed by atoms with van der Waals surface area (Å²) in [5.41, 5.74) is 30.3. The molecule has 488 valence electrons. The number of benzene rings is 13. The molecule has 19 rings (SSSR count). The Morgan fingerprint density at radius 1 is 0.173 bits per heavy atom. The lowest BCUT2D eigenvalue weighted by Crippen LogP contribution is -2.28. The van der Waals surface area contributed by atoms with Gasteiger partial charge in [0, 0.05) is 69.3 Å². The molecule has 0 saturated heterocycles. The van der Waals surface area contributed by atoms with E-state index in [1.165, 1.54) is 66.8 Å².